The van der Waals surface area contributed by atoms with Gasteiger partial charge in [-0.3, -0.25) is 14.9 Å². The topological polar surface area (TPSA) is 79.3 Å². The van der Waals surface area contributed by atoms with E-state index in [2.05, 4.69) is 16.0 Å². The smallest absolute Gasteiger partial charge is 0.322 e. The Morgan fingerprint density at radius 3 is 2.33 bits per heavy atom. The summed E-state index contributed by atoms with van der Waals surface area (Å²) >= 11 is 0. The molecule has 2 aromatic carbocycles. The van der Waals surface area contributed by atoms with Crippen molar-refractivity contribution >= 4 is 11.9 Å². The van der Waals surface area contributed by atoms with E-state index in [1.54, 1.807) is 37.5 Å². The van der Waals surface area contributed by atoms with Crippen molar-refractivity contribution in [2.75, 3.05) is 7.05 Å². The van der Waals surface area contributed by atoms with E-state index in [1.165, 1.54) is 4.90 Å². The molecular formula is C20H21N5O2. The molecule has 1 heterocycles. The van der Waals surface area contributed by atoms with Crippen molar-refractivity contribution in [3.8, 4) is 0 Å². The van der Waals surface area contributed by atoms with Gasteiger partial charge in [-0.05, 0) is 17.7 Å². The van der Waals surface area contributed by atoms with E-state index in [9.17, 15) is 9.59 Å². The van der Waals surface area contributed by atoms with E-state index in [0.29, 0.717) is 18.7 Å². The summed E-state index contributed by atoms with van der Waals surface area (Å²) in [7, 11) is 1.65. The van der Waals surface area contributed by atoms with Gasteiger partial charge < -0.3 is 4.90 Å². The minimum Gasteiger partial charge on any atom is -0.322 e. The van der Waals surface area contributed by atoms with Crippen LogP contribution in [0.15, 0.2) is 73.1 Å². The second-order valence-corrected chi connectivity index (χ2v) is 6.14. The molecule has 0 aliphatic rings. The van der Waals surface area contributed by atoms with Gasteiger partial charge in [0.2, 0.25) is 0 Å². The largest absolute Gasteiger partial charge is 0.336 e. The molecule has 2 N–H and O–H groups in total. The summed E-state index contributed by atoms with van der Waals surface area (Å²) in [5, 5.41) is 4.33. The third kappa shape index (κ3) is 5.18. The molecule has 3 rings (SSSR count). The number of benzene rings is 2. The third-order valence-electron chi connectivity index (χ3n) is 3.96. The molecular weight excluding hydrogens is 342 g/mol. The maximum absolute atomic E-state index is 12.2. The van der Waals surface area contributed by atoms with Gasteiger partial charge in [-0.15, -0.1) is 0 Å². The number of amides is 3. The molecule has 0 saturated carbocycles. The number of nitrogens with zero attached hydrogens (tertiary/aromatic N) is 3. The van der Waals surface area contributed by atoms with Crippen LogP contribution in [0.4, 0.5) is 4.79 Å². The summed E-state index contributed by atoms with van der Waals surface area (Å²) in [6.45, 7) is 1.05. The molecule has 0 bridgehead atoms. The van der Waals surface area contributed by atoms with E-state index in [0.717, 1.165) is 11.1 Å². The summed E-state index contributed by atoms with van der Waals surface area (Å²) in [4.78, 5) is 25.6. The second kappa shape index (κ2) is 8.66. The Hall–Kier alpha value is -3.61. The van der Waals surface area contributed by atoms with Crippen LogP contribution in [0.25, 0.3) is 0 Å². The second-order valence-electron chi connectivity index (χ2n) is 6.14. The SMILES string of the molecule is CN(Cc1cnn(Cc2ccccc2)c1)C(=O)NNC(=O)c1ccccc1. The van der Waals surface area contributed by atoms with Gasteiger partial charge in [0.25, 0.3) is 5.91 Å². The molecule has 7 nitrogen and oxygen atoms in total. The maximum atomic E-state index is 12.2. The number of carbonyl (C=O) groups excluding carboxylic acids is 2. The quantitative estimate of drug-likeness (QED) is 0.683. The maximum Gasteiger partial charge on any atom is 0.336 e. The lowest BCUT2D eigenvalue weighted by Crippen LogP contribution is -2.47. The molecule has 27 heavy (non-hydrogen) atoms. The highest BCUT2D eigenvalue weighted by Crippen LogP contribution is 2.06. The van der Waals surface area contributed by atoms with Crippen molar-refractivity contribution < 1.29 is 9.59 Å². The van der Waals surface area contributed by atoms with Gasteiger partial charge in [-0.2, -0.15) is 5.10 Å². The first-order chi connectivity index (χ1) is 13.1. The number of carbonyl (C=O) groups is 2. The lowest BCUT2D eigenvalue weighted by molar-refractivity contribution is 0.0931. The van der Waals surface area contributed by atoms with Gasteiger partial charge >= 0.3 is 6.03 Å². The molecule has 0 spiro atoms. The zero-order valence-electron chi connectivity index (χ0n) is 15.0. The average Bonchev–Trinajstić information content (AvgIpc) is 3.14. The van der Waals surface area contributed by atoms with Crippen LogP contribution in [0.2, 0.25) is 0 Å². The number of rotatable bonds is 5. The van der Waals surface area contributed by atoms with Crippen molar-refractivity contribution in [3.05, 3.63) is 89.7 Å². The highest BCUT2D eigenvalue weighted by atomic mass is 16.2. The minimum absolute atomic E-state index is 0.368. The molecule has 0 saturated heterocycles. The van der Waals surface area contributed by atoms with Gasteiger partial charge in [-0.25, -0.2) is 10.2 Å². The monoisotopic (exact) mass is 363 g/mol. The van der Waals surface area contributed by atoms with Crippen LogP contribution < -0.4 is 10.9 Å². The number of hydrogen-bond donors (Lipinski definition) is 2. The van der Waals surface area contributed by atoms with Crippen LogP contribution in [0, 0.1) is 0 Å². The fourth-order valence-corrected chi connectivity index (χ4v) is 2.56. The Morgan fingerprint density at radius 1 is 0.963 bits per heavy atom. The Bertz CT molecular complexity index is 893. The van der Waals surface area contributed by atoms with Crippen molar-refractivity contribution in [2.45, 2.75) is 13.1 Å². The number of hydrogen-bond acceptors (Lipinski definition) is 3. The van der Waals surface area contributed by atoms with Crippen LogP contribution in [0.1, 0.15) is 21.5 Å². The Morgan fingerprint density at radius 2 is 1.63 bits per heavy atom. The molecule has 0 radical (unpaired) electrons. The molecule has 0 atom stereocenters. The molecule has 0 aliphatic heterocycles. The van der Waals surface area contributed by atoms with Crippen LogP contribution in [0.5, 0.6) is 0 Å². The van der Waals surface area contributed by atoms with Crippen LogP contribution in [-0.2, 0) is 13.1 Å². The zero-order valence-corrected chi connectivity index (χ0v) is 15.0. The van der Waals surface area contributed by atoms with Crippen LogP contribution >= 0.6 is 0 Å². The molecule has 138 valence electrons. The summed E-state index contributed by atoms with van der Waals surface area (Å²) in [6, 6.07) is 18.3. The van der Waals surface area contributed by atoms with E-state index in [4.69, 9.17) is 0 Å². The number of nitrogens with one attached hydrogen (secondary N) is 2. The van der Waals surface area contributed by atoms with Gasteiger partial charge in [0, 0.05) is 24.4 Å². The molecule has 1 aromatic heterocycles. The summed E-state index contributed by atoms with van der Waals surface area (Å²) in [5.74, 6) is -0.368. The Kier molecular flexibility index (Phi) is 5.84. The molecule has 0 fully saturated rings. The standard InChI is InChI=1S/C20H21N5O2/c1-24(20(27)23-22-19(26)18-10-6-3-7-11-18)13-17-12-21-25(15-17)14-16-8-4-2-5-9-16/h2-12,15H,13-14H2,1H3,(H,22,26)(H,23,27). The first-order valence-electron chi connectivity index (χ1n) is 8.53. The average molecular weight is 363 g/mol. The van der Waals surface area contributed by atoms with Crippen LogP contribution in [0.3, 0.4) is 0 Å². The van der Waals surface area contributed by atoms with Gasteiger partial charge in [0.1, 0.15) is 0 Å². The van der Waals surface area contributed by atoms with E-state index in [-0.39, 0.29) is 5.91 Å². The van der Waals surface area contributed by atoms with Crippen molar-refractivity contribution in [1.82, 2.24) is 25.5 Å². The fraction of sp³-hybridized carbons (Fsp3) is 0.150. The highest BCUT2D eigenvalue weighted by Gasteiger charge is 2.12. The summed E-state index contributed by atoms with van der Waals surface area (Å²) in [6.07, 6.45) is 3.63. The number of urea groups is 1. The van der Waals surface area contributed by atoms with Crippen molar-refractivity contribution in [1.29, 1.82) is 0 Å². The van der Waals surface area contributed by atoms with Crippen molar-refractivity contribution in [3.63, 3.8) is 0 Å². The van der Waals surface area contributed by atoms with Gasteiger partial charge in [0.05, 0.1) is 19.3 Å². The predicted molar refractivity (Wildman–Crippen MR) is 102 cm³/mol. The van der Waals surface area contributed by atoms with Crippen LogP contribution in [-0.4, -0.2) is 33.7 Å². The molecule has 7 heteroatoms. The zero-order chi connectivity index (χ0) is 19.1. The first-order valence-corrected chi connectivity index (χ1v) is 8.53. The normalized spacial score (nSPS) is 10.3. The first kappa shape index (κ1) is 18.2. The number of hydrazine groups is 1. The molecule has 3 aromatic rings. The highest BCUT2D eigenvalue weighted by molar-refractivity contribution is 5.95. The van der Waals surface area contributed by atoms with Gasteiger partial charge in [-0.1, -0.05) is 48.5 Å². The summed E-state index contributed by atoms with van der Waals surface area (Å²) < 4.78 is 1.83. The predicted octanol–water partition coefficient (Wildman–Crippen LogP) is 2.42. The van der Waals surface area contributed by atoms with Gasteiger partial charge in [0.15, 0.2) is 0 Å². The number of aromatic nitrogens is 2. The fourth-order valence-electron chi connectivity index (χ4n) is 2.56. The third-order valence-corrected chi connectivity index (χ3v) is 3.96. The van der Waals surface area contributed by atoms with Crippen molar-refractivity contribution in [2.24, 2.45) is 0 Å². The molecule has 0 unspecified atom stereocenters. The van der Waals surface area contributed by atoms with E-state index >= 15 is 0 Å². The Balaban J connectivity index is 1.49. The lowest BCUT2D eigenvalue weighted by atomic mass is 10.2. The lowest BCUT2D eigenvalue weighted by Gasteiger charge is -2.17. The van der Waals surface area contributed by atoms with E-state index < -0.39 is 6.03 Å². The molecule has 3 amide bonds. The van der Waals surface area contributed by atoms with E-state index in [1.807, 2.05) is 47.3 Å². The summed E-state index contributed by atoms with van der Waals surface area (Å²) in [5.41, 5.74) is 7.34. The Labute approximate surface area is 157 Å². The minimum atomic E-state index is -0.407. The molecule has 0 aliphatic carbocycles.